The van der Waals surface area contributed by atoms with Crippen molar-refractivity contribution in [1.82, 2.24) is 0 Å². The molecule has 0 fully saturated rings. The molecule has 2 aromatic rings. The van der Waals surface area contributed by atoms with E-state index in [0.29, 0.717) is 10.9 Å². The molecule has 1 aliphatic rings. The number of aliphatic hydroxyl groups excluding tert-OH is 1. The second kappa shape index (κ2) is 5.28. The Labute approximate surface area is 126 Å². The summed E-state index contributed by atoms with van der Waals surface area (Å²) in [6.45, 7) is 0. The van der Waals surface area contributed by atoms with Crippen LogP contribution in [0.5, 0.6) is 0 Å². The van der Waals surface area contributed by atoms with E-state index in [-0.39, 0.29) is 0 Å². The van der Waals surface area contributed by atoms with Crippen molar-refractivity contribution in [2.24, 2.45) is 0 Å². The highest BCUT2D eigenvalue weighted by Crippen LogP contribution is 2.41. The maximum atomic E-state index is 10.4. The molecule has 2 unspecified atom stereocenters. The molecule has 98 valence electrons. The zero-order valence-electron chi connectivity index (χ0n) is 10.3. The van der Waals surface area contributed by atoms with Gasteiger partial charge in [0, 0.05) is 9.50 Å². The summed E-state index contributed by atoms with van der Waals surface area (Å²) in [6.07, 6.45) is 1.33. The summed E-state index contributed by atoms with van der Waals surface area (Å²) in [7, 11) is 0. The topological polar surface area (TPSA) is 20.2 Å². The van der Waals surface area contributed by atoms with Crippen LogP contribution in [0.15, 0.2) is 46.9 Å². The first kappa shape index (κ1) is 13.2. The van der Waals surface area contributed by atoms with Gasteiger partial charge in [0.2, 0.25) is 0 Å². The van der Waals surface area contributed by atoms with Crippen molar-refractivity contribution in [1.29, 1.82) is 0 Å². The maximum absolute atomic E-state index is 10.4. The molecule has 2 atom stereocenters. The van der Waals surface area contributed by atoms with Crippen LogP contribution in [-0.2, 0) is 6.42 Å². The fourth-order valence-electron chi connectivity index (χ4n) is 2.74. The van der Waals surface area contributed by atoms with Crippen molar-refractivity contribution >= 4 is 27.5 Å². The van der Waals surface area contributed by atoms with Crippen LogP contribution in [0.3, 0.4) is 0 Å². The maximum Gasteiger partial charge on any atom is 0.0807 e. The number of fused-ring (bicyclic) bond motifs is 1. The summed E-state index contributed by atoms with van der Waals surface area (Å²) in [4.78, 5) is 0. The van der Waals surface area contributed by atoms with Crippen molar-refractivity contribution in [2.75, 3.05) is 0 Å². The lowest BCUT2D eigenvalue weighted by Gasteiger charge is -2.32. The fourth-order valence-corrected chi connectivity index (χ4v) is 3.43. The lowest BCUT2D eigenvalue weighted by Crippen LogP contribution is -2.19. The minimum absolute atomic E-state index is 0.456. The van der Waals surface area contributed by atoms with E-state index >= 15 is 0 Å². The molecule has 1 nitrogen and oxygen atoms in total. The highest BCUT2D eigenvalue weighted by molar-refractivity contribution is 9.10. The molecular formula is C16H14BrClO. The molecular weight excluding hydrogens is 324 g/mol. The monoisotopic (exact) mass is 336 g/mol. The van der Waals surface area contributed by atoms with Crippen LogP contribution in [0.2, 0.25) is 5.02 Å². The van der Waals surface area contributed by atoms with E-state index in [1.54, 1.807) is 0 Å². The first-order chi connectivity index (χ1) is 9.15. The van der Waals surface area contributed by atoms with Crippen molar-refractivity contribution in [3.05, 3.63) is 68.7 Å². The van der Waals surface area contributed by atoms with Gasteiger partial charge in [-0.25, -0.2) is 0 Å². The molecule has 0 radical (unpaired) electrons. The molecule has 1 N–H and O–H groups in total. The predicted molar refractivity (Wildman–Crippen MR) is 81.6 cm³/mol. The second-order valence-electron chi connectivity index (χ2n) is 5.02. The van der Waals surface area contributed by atoms with Crippen LogP contribution in [-0.4, -0.2) is 5.11 Å². The van der Waals surface area contributed by atoms with E-state index in [0.717, 1.165) is 22.9 Å². The standard InChI is InChI=1S/C16H14BrClO/c17-15-6-5-12(18)9-14(15)16(19)8-11-7-10-3-1-2-4-13(10)11/h1-6,9,11,16,19H,7-8H2. The van der Waals surface area contributed by atoms with Gasteiger partial charge in [-0.15, -0.1) is 0 Å². The average Bonchev–Trinajstić information content (AvgIpc) is 2.38. The lowest BCUT2D eigenvalue weighted by molar-refractivity contribution is 0.153. The smallest absolute Gasteiger partial charge is 0.0807 e. The third-order valence-electron chi connectivity index (χ3n) is 3.79. The Morgan fingerprint density at radius 1 is 1.26 bits per heavy atom. The zero-order valence-corrected chi connectivity index (χ0v) is 12.7. The Kier molecular flexibility index (Phi) is 3.66. The molecule has 3 heteroatoms. The van der Waals surface area contributed by atoms with Crippen LogP contribution in [0.25, 0.3) is 0 Å². The first-order valence-electron chi connectivity index (χ1n) is 6.36. The summed E-state index contributed by atoms with van der Waals surface area (Å²) in [5.74, 6) is 0.456. The summed E-state index contributed by atoms with van der Waals surface area (Å²) >= 11 is 9.47. The number of halogens is 2. The molecule has 3 rings (SSSR count). The molecule has 0 saturated carbocycles. The Morgan fingerprint density at radius 3 is 2.84 bits per heavy atom. The Morgan fingerprint density at radius 2 is 2.05 bits per heavy atom. The molecule has 0 aromatic heterocycles. The van der Waals surface area contributed by atoms with Gasteiger partial charge in [-0.1, -0.05) is 51.8 Å². The van der Waals surface area contributed by atoms with E-state index in [1.807, 2.05) is 18.2 Å². The van der Waals surface area contributed by atoms with E-state index < -0.39 is 6.10 Å². The van der Waals surface area contributed by atoms with Crippen LogP contribution in [0.4, 0.5) is 0 Å². The number of benzene rings is 2. The number of rotatable bonds is 3. The van der Waals surface area contributed by atoms with Crippen molar-refractivity contribution in [2.45, 2.75) is 24.9 Å². The quantitative estimate of drug-likeness (QED) is 0.847. The third-order valence-corrected chi connectivity index (χ3v) is 4.74. The molecule has 1 aliphatic carbocycles. The van der Waals surface area contributed by atoms with Crippen LogP contribution < -0.4 is 0 Å². The molecule has 0 amide bonds. The van der Waals surface area contributed by atoms with Crippen molar-refractivity contribution in [3.8, 4) is 0 Å². The minimum atomic E-state index is -0.480. The van der Waals surface area contributed by atoms with Crippen LogP contribution in [0, 0.1) is 0 Å². The lowest BCUT2D eigenvalue weighted by atomic mass is 9.74. The van der Waals surface area contributed by atoms with Gasteiger partial charge in [-0.2, -0.15) is 0 Å². The van der Waals surface area contributed by atoms with Gasteiger partial charge in [-0.05, 0) is 53.6 Å². The van der Waals surface area contributed by atoms with Crippen molar-refractivity contribution < 1.29 is 5.11 Å². The summed E-state index contributed by atoms with van der Waals surface area (Å²) in [6, 6.07) is 14.0. The van der Waals surface area contributed by atoms with E-state index in [4.69, 9.17) is 11.6 Å². The van der Waals surface area contributed by atoms with Gasteiger partial charge in [0.05, 0.1) is 6.10 Å². The Hall–Kier alpha value is -0.830. The molecule has 19 heavy (non-hydrogen) atoms. The molecule has 0 saturated heterocycles. The molecule has 0 bridgehead atoms. The fraction of sp³-hybridized carbons (Fsp3) is 0.250. The summed E-state index contributed by atoms with van der Waals surface area (Å²) in [5.41, 5.74) is 3.65. The van der Waals surface area contributed by atoms with Gasteiger partial charge in [-0.3, -0.25) is 0 Å². The van der Waals surface area contributed by atoms with Gasteiger partial charge >= 0.3 is 0 Å². The number of aliphatic hydroxyl groups is 1. The zero-order chi connectivity index (χ0) is 13.4. The van der Waals surface area contributed by atoms with Gasteiger partial charge in [0.25, 0.3) is 0 Å². The third kappa shape index (κ3) is 2.58. The Balaban J connectivity index is 1.76. The normalized spacial score (nSPS) is 18.6. The SMILES string of the molecule is OC(CC1Cc2ccccc21)c1cc(Cl)ccc1Br. The van der Waals surface area contributed by atoms with Crippen LogP contribution >= 0.6 is 27.5 Å². The van der Waals surface area contributed by atoms with Gasteiger partial charge in [0.15, 0.2) is 0 Å². The van der Waals surface area contributed by atoms with Crippen molar-refractivity contribution in [3.63, 3.8) is 0 Å². The number of hydrogen-bond donors (Lipinski definition) is 1. The van der Waals surface area contributed by atoms with Gasteiger partial charge in [0.1, 0.15) is 0 Å². The van der Waals surface area contributed by atoms with E-state index in [9.17, 15) is 5.11 Å². The highest BCUT2D eigenvalue weighted by Gasteiger charge is 2.28. The number of hydrogen-bond acceptors (Lipinski definition) is 1. The molecule has 2 aromatic carbocycles. The molecule has 0 spiro atoms. The van der Waals surface area contributed by atoms with Crippen LogP contribution in [0.1, 0.15) is 35.1 Å². The largest absolute Gasteiger partial charge is 0.388 e. The van der Waals surface area contributed by atoms with E-state index in [1.165, 1.54) is 11.1 Å². The summed E-state index contributed by atoms with van der Waals surface area (Å²) < 4.78 is 0.914. The second-order valence-corrected chi connectivity index (χ2v) is 6.31. The predicted octanol–water partition coefficient (Wildman–Crippen LogP) is 4.87. The average molecular weight is 338 g/mol. The molecule has 0 aliphatic heterocycles. The Bertz CT molecular complexity index is 611. The first-order valence-corrected chi connectivity index (χ1v) is 7.53. The van der Waals surface area contributed by atoms with E-state index in [2.05, 4.69) is 40.2 Å². The van der Waals surface area contributed by atoms with Gasteiger partial charge < -0.3 is 5.11 Å². The summed E-state index contributed by atoms with van der Waals surface area (Å²) in [5, 5.41) is 11.1. The highest BCUT2D eigenvalue weighted by atomic mass is 79.9. The molecule has 0 heterocycles. The minimum Gasteiger partial charge on any atom is -0.388 e.